The van der Waals surface area contributed by atoms with Gasteiger partial charge in [-0.15, -0.1) is 0 Å². The lowest BCUT2D eigenvalue weighted by atomic mass is 9.92. The van der Waals surface area contributed by atoms with Crippen LogP contribution in [0.3, 0.4) is 0 Å². The fourth-order valence-corrected chi connectivity index (χ4v) is 3.77. The van der Waals surface area contributed by atoms with Gasteiger partial charge in [0.25, 0.3) is 0 Å². The third kappa shape index (κ3) is 2.55. The van der Waals surface area contributed by atoms with Crippen molar-refractivity contribution in [2.24, 2.45) is 0 Å². The number of hydrogen-bond donors (Lipinski definition) is 1. The maximum atomic E-state index is 12.2. The molecule has 0 atom stereocenters. The Morgan fingerprint density at radius 1 is 1.05 bits per heavy atom. The highest BCUT2D eigenvalue weighted by Gasteiger charge is 2.51. The van der Waals surface area contributed by atoms with Crippen LogP contribution in [0.5, 0.6) is 0 Å². The van der Waals surface area contributed by atoms with E-state index < -0.39 is 25.2 Å². The molecule has 1 aromatic rings. The fourth-order valence-electron chi connectivity index (χ4n) is 2.53. The lowest BCUT2D eigenvalue weighted by Crippen LogP contribution is -2.41. The largest absolute Gasteiger partial charge is 0.374 e. The van der Waals surface area contributed by atoms with Crippen LogP contribution in [-0.2, 0) is 0 Å². The van der Waals surface area contributed by atoms with E-state index in [1.165, 1.54) is 0 Å². The minimum atomic E-state index is -1.82. The standard InChI is InChI=1S/C15H20O3Si/c1-19(2,3)10-6-9-15(18)13(16)11-7-4-5-8-12(11)14(15)17/h4-5,7-8,18H,6,9-10H2,1-3H3. The van der Waals surface area contributed by atoms with Crippen molar-refractivity contribution in [2.75, 3.05) is 0 Å². The van der Waals surface area contributed by atoms with Gasteiger partial charge in [-0.3, -0.25) is 9.59 Å². The topological polar surface area (TPSA) is 54.4 Å². The molecular weight excluding hydrogens is 256 g/mol. The van der Waals surface area contributed by atoms with Crippen LogP contribution in [0.4, 0.5) is 0 Å². The first-order valence-corrected chi connectivity index (χ1v) is 10.4. The van der Waals surface area contributed by atoms with Crippen LogP contribution in [0.15, 0.2) is 24.3 Å². The Bertz CT molecular complexity index is 493. The van der Waals surface area contributed by atoms with E-state index >= 15 is 0 Å². The maximum absolute atomic E-state index is 12.2. The van der Waals surface area contributed by atoms with Gasteiger partial charge in [0, 0.05) is 19.2 Å². The molecule has 0 unspecified atom stereocenters. The predicted molar refractivity (Wildman–Crippen MR) is 77.4 cm³/mol. The molecule has 0 aromatic heterocycles. The van der Waals surface area contributed by atoms with Crippen molar-refractivity contribution >= 4 is 19.6 Å². The zero-order valence-corrected chi connectivity index (χ0v) is 12.7. The molecule has 0 fully saturated rings. The van der Waals surface area contributed by atoms with Crippen molar-refractivity contribution in [3.8, 4) is 0 Å². The number of ketones is 2. The second kappa shape index (κ2) is 4.69. The lowest BCUT2D eigenvalue weighted by Gasteiger charge is -2.21. The molecule has 19 heavy (non-hydrogen) atoms. The Hall–Kier alpha value is -1.26. The van der Waals surface area contributed by atoms with Gasteiger partial charge in [-0.2, -0.15) is 0 Å². The molecule has 0 bridgehead atoms. The van der Waals surface area contributed by atoms with Gasteiger partial charge in [0.1, 0.15) is 0 Å². The summed E-state index contributed by atoms with van der Waals surface area (Å²) in [7, 11) is -1.22. The molecule has 102 valence electrons. The van der Waals surface area contributed by atoms with Crippen LogP contribution >= 0.6 is 0 Å². The van der Waals surface area contributed by atoms with Gasteiger partial charge in [0.05, 0.1) is 0 Å². The van der Waals surface area contributed by atoms with Crippen LogP contribution in [-0.4, -0.2) is 30.3 Å². The monoisotopic (exact) mass is 276 g/mol. The molecule has 0 amide bonds. The van der Waals surface area contributed by atoms with Gasteiger partial charge < -0.3 is 5.11 Å². The smallest absolute Gasteiger partial charge is 0.203 e. The average Bonchev–Trinajstić information content (AvgIpc) is 2.52. The molecule has 0 spiro atoms. The van der Waals surface area contributed by atoms with Gasteiger partial charge >= 0.3 is 0 Å². The number of aliphatic hydroxyl groups is 1. The Labute approximate surface area is 114 Å². The van der Waals surface area contributed by atoms with E-state index in [9.17, 15) is 14.7 Å². The summed E-state index contributed by atoms with van der Waals surface area (Å²) in [5, 5.41) is 10.5. The van der Waals surface area contributed by atoms with Crippen molar-refractivity contribution in [1.82, 2.24) is 0 Å². The summed E-state index contributed by atoms with van der Waals surface area (Å²) in [5.74, 6) is -0.854. The first-order valence-electron chi connectivity index (χ1n) is 6.67. The lowest BCUT2D eigenvalue weighted by molar-refractivity contribution is 0.0300. The summed E-state index contributed by atoms with van der Waals surface area (Å²) in [6.07, 6.45) is 0.960. The quantitative estimate of drug-likeness (QED) is 0.679. The minimum absolute atomic E-state index is 0.240. The number of hydrogen-bond acceptors (Lipinski definition) is 3. The van der Waals surface area contributed by atoms with Crippen LogP contribution in [0.2, 0.25) is 25.7 Å². The van der Waals surface area contributed by atoms with Crippen molar-refractivity contribution in [3.05, 3.63) is 35.4 Å². The average molecular weight is 276 g/mol. The number of rotatable bonds is 4. The summed E-state index contributed by atoms with van der Waals surface area (Å²) in [6, 6.07) is 7.68. The van der Waals surface area contributed by atoms with E-state index in [4.69, 9.17) is 0 Å². The minimum Gasteiger partial charge on any atom is -0.374 e. The second-order valence-corrected chi connectivity index (χ2v) is 12.1. The number of Topliss-reactive ketones (excluding diaryl/α,β-unsaturated/α-hetero) is 2. The van der Waals surface area contributed by atoms with Crippen molar-refractivity contribution < 1.29 is 14.7 Å². The molecule has 0 saturated heterocycles. The third-order valence-electron chi connectivity index (χ3n) is 3.63. The van der Waals surface area contributed by atoms with E-state index in [0.29, 0.717) is 11.1 Å². The molecule has 4 heteroatoms. The van der Waals surface area contributed by atoms with Crippen LogP contribution in [0, 0.1) is 0 Å². The molecular formula is C15H20O3Si. The van der Waals surface area contributed by atoms with Gasteiger partial charge in [0.15, 0.2) is 5.60 Å². The SMILES string of the molecule is C[Si](C)(C)CCCC1(O)C(=O)c2ccccc2C1=O. The Balaban J connectivity index is 2.18. The molecule has 1 aliphatic rings. The second-order valence-electron chi connectivity index (χ2n) is 6.48. The van der Waals surface area contributed by atoms with Crippen LogP contribution < -0.4 is 0 Å². The molecule has 2 rings (SSSR count). The normalized spacial score (nSPS) is 17.7. The maximum Gasteiger partial charge on any atom is 0.203 e. The summed E-state index contributed by atoms with van der Waals surface area (Å²) >= 11 is 0. The Morgan fingerprint density at radius 3 is 1.95 bits per heavy atom. The summed E-state index contributed by atoms with van der Waals surface area (Å²) in [6.45, 7) is 6.72. The van der Waals surface area contributed by atoms with Gasteiger partial charge in [-0.05, 0) is 6.42 Å². The Morgan fingerprint density at radius 2 is 1.53 bits per heavy atom. The van der Waals surface area contributed by atoms with E-state index in [1.807, 2.05) is 0 Å². The number of carbonyl (C=O) groups excluding carboxylic acids is 2. The van der Waals surface area contributed by atoms with Crippen molar-refractivity contribution in [3.63, 3.8) is 0 Å². The zero-order chi connectivity index (χ0) is 14.3. The highest BCUT2D eigenvalue weighted by atomic mass is 28.3. The fraction of sp³-hybridized carbons (Fsp3) is 0.467. The van der Waals surface area contributed by atoms with Crippen LogP contribution in [0.1, 0.15) is 33.6 Å². The van der Waals surface area contributed by atoms with E-state index in [-0.39, 0.29) is 6.42 Å². The number of benzene rings is 1. The highest BCUT2D eigenvalue weighted by molar-refractivity contribution is 6.76. The van der Waals surface area contributed by atoms with E-state index in [0.717, 1.165) is 12.5 Å². The molecule has 0 heterocycles. The summed E-state index contributed by atoms with van der Waals surface area (Å²) in [5.41, 5.74) is -1.09. The van der Waals surface area contributed by atoms with Crippen molar-refractivity contribution in [1.29, 1.82) is 0 Å². The first kappa shape index (κ1) is 14.2. The predicted octanol–water partition coefficient (Wildman–Crippen LogP) is 2.92. The third-order valence-corrected chi connectivity index (χ3v) is 5.49. The molecule has 1 aliphatic carbocycles. The molecule has 3 nitrogen and oxygen atoms in total. The van der Waals surface area contributed by atoms with E-state index in [2.05, 4.69) is 19.6 Å². The summed E-state index contributed by atoms with van der Waals surface area (Å²) in [4.78, 5) is 24.4. The van der Waals surface area contributed by atoms with E-state index in [1.54, 1.807) is 24.3 Å². The highest BCUT2D eigenvalue weighted by Crippen LogP contribution is 2.34. The van der Waals surface area contributed by atoms with Gasteiger partial charge in [-0.25, -0.2) is 0 Å². The van der Waals surface area contributed by atoms with Gasteiger partial charge in [0.2, 0.25) is 11.6 Å². The molecule has 1 N–H and O–H groups in total. The summed E-state index contributed by atoms with van der Waals surface area (Å²) < 4.78 is 0. The van der Waals surface area contributed by atoms with Crippen molar-refractivity contribution in [2.45, 2.75) is 44.1 Å². The molecule has 0 radical (unpaired) electrons. The molecule has 0 aliphatic heterocycles. The number of carbonyl (C=O) groups is 2. The number of fused-ring (bicyclic) bond motifs is 1. The molecule has 0 saturated carbocycles. The van der Waals surface area contributed by atoms with Gasteiger partial charge in [-0.1, -0.05) is 56.4 Å². The van der Waals surface area contributed by atoms with Crippen LogP contribution in [0.25, 0.3) is 0 Å². The zero-order valence-electron chi connectivity index (χ0n) is 11.7. The first-order chi connectivity index (χ1) is 8.76. The Kier molecular flexibility index (Phi) is 3.49. The molecule has 1 aromatic carbocycles.